The molecule has 0 radical (unpaired) electrons. The molecule has 4 aliphatic rings. The van der Waals surface area contributed by atoms with Crippen LogP contribution in [0.5, 0.6) is 0 Å². The van der Waals surface area contributed by atoms with Crippen molar-refractivity contribution < 1.29 is 27.6 Å². The second-order valence-electron chi connectivity index (χ2n) is 13.3. The molecule has 260 valence electrons. The molecule has 2 aromatic rings. The van der Waals surface area contributed by atoms with Crippen LogP contribution < -0.4 is 16.4 Å². The van der Waals surface area contributed by atoms with Crippen LogP contribution in [0.25, 0.3) is 0 Å². The third-order valence-corrected chi connectivity index (χ3v) is 10.6. The number of fused-ring (bicyclic) bond motifs is 1. The first-order chi connectivity index (χ1) is 23.0. The molecular weight excluding hydrogens is 647 g/mol. The molecule has 48 heavy (non-hydrogen) atoms. The first-order valence-electron chi connectivity index (χ1n) is 16.9. The van der Waals surface area contributed by atoms with E-state index in [4.69, 9.17) is 17.3 Å². The van der Waals surface area contributed by atoms with Crippen LogP contribution in [0.1, 0.15) is 61.6 Å². The third kappa shape index (κ3) is 7.62. The highest BCUT2D eigenvalue weighted by Gasteiger charge is 2.37. The van der Waals surface area contributed by atoms with E-state index in [1.165, 1.54) is 25.3 Å². The fourth-order valence-electron chi connectivity index (χ4n) is 7.56. The number of para-hydroxylation sites is 1. The molecule has 0 aliphatic carbocycles. The number of urea groups is 2. The highest BCUT2D eigenvalue weighted by molar-refractivity contribution is 6.33. The summed E-state index contributed by atoms with van der Waals surface area (Å²) in [6.07, 6.45) is 1.38. The van der Waals surface area contributed by atoms with Gasteiger partial charge in [0.15, 0.2) is 0 Å². The van der Waals surface area contributed by atoms with Crippen molar-refractivity contribution in [1.29, 1.82) is 0 Å². The Morgan fingerprint density at radius 3 is 2.27 bits per heavy atom. The van der Waals surface area contributed by atoms with Crippen LogP contribution in [0.2, 0.25) is 5.02 Å². The summed E-state index contributed by atoms with van der Waals surface area (Å²) in [5, 5.41) is 5.53. The van der Waals surface area contributed by atoms with Crippen molar-refractivity contribution in [2.24, 2.45) is 0 Å². The Kier molecular flexibility index (Phi) is 10.3. The Balaban J connectivity index is 1.13. The van der Waals surface area contributed by atoms with Crippen molar-refractivity contribution in [3.05, 3.63) is 58.1 Å². The zero-order chi connectivity index (χ0) is 34.0. The number of alkyl halides is 3. The van der Waals surface area contributed by atoms with Gasteiger partial charge in [0.2, 0.25) is 5.91 Å². The van der Waals surface area contributed by atoms with E-state index >= 15 is 0 Å². The minimum Gasteiger partial charge on any atom is -0.397 e. The maximum absolute atomic E-state index is 14.0. The number of nitrogen functional groups attached to an aromatic ring is 1. The van der Waals surface area contributed by atoms with Crippen molar-refractivity contribution in [2.75, 3.05) is 50.3 Å². The summed E-state index contributed by atoms with van der Waals surface area (Å²) in [5.41, 5.74) is 5.98. The number of carbonyl (C=O) groups excluding carboxylic acids is 3. The SMILES string of the molecule is Nc1c(Cl)cc(C[C@@H](NC(=O)N2CCC(N3Cc4ccccc4NC3=O)CC2)C(=O)N2CCC(N3CCCCC3)CC2)cc1C(F)(F)F. The fraction of sp³-hybridized carbons (Fsp3) is 0.559. The van der Waals surface area contributed by atoms with E-state index in [1.54, 1.807) is 14.7 Å². The van der Waals surface area contributed by atoms with Gasteiger partial charge in [-0.2, -0.15) is 13.2 Å². The molecule has 3 saturated heterocycles. The van der Waals surface area contributed by atoms with Gasteiger partial charge in [-0.1, -0.05) is 36.2 Å². The van der Waals surface area contributed by atoms with Crippen LogP contribution in [0.4, 0.5) is 34.1 Å². The van der Waals surface area contributed by atoms with E-state index in [0.29, 0.717) is 51.6 Å². The van der Waals surface area contributed by atoms with E-state index in [9.17, 15) is 27.6 Å². The number of nitrogens with one attached hydrogen (secondary N) is 2. The van der Waals surface area contributed by atoms with Gasteiger partial charge in [-0.15, -0.1) is 0 Å². The predicted octanol–water partition coefficient (Wildman–Crippen LogP) is 5.55. The smallest absolute Gasteiger partial charge is 0.397 e. The number of rotatable bonds is 6. The zero-order valence-corrected chi connectivity index (χ0v) is 27.7. The van der Waals surface area contributed by atoms with Gasteiger partial charge in [0, 0.05) is 56.9 Å². The van der Waals surface area contributed by atoms with Crippen LogP contribution in [-0.2, 0) is 23.9 Å². The molecule has 0 unspecified atom stereocenters. The summed E-state index contributed by atoms with van der Waals surface area (Å²) >= 11 is 6.12. The molecule has 3 fully saturated rings. The number of hydrogen-bond acceptors (Lipinski definition) is 5. The minimum atomic E-state index is -4.74. The first kappa shape index (κ1) is 34.2. The number of benzene rings is 2. The molecule has 5 amide bonds. The predicted molar refractivity (Wildman–Crippen MR) is 178 cm³/mol. The van der Waals surface area contributed by atoms with Crippen molar-refractivity contribution in [2.45, 2.75) is 82.2 Å². The van der Waals surface area contributed by atoms with E-state index in [1.807, 2.05) is 24.3 Å². The number of hydrogen-bond donors (Lipinski definition) is 3. The number of likely N-dealkylation sites (tertiary alicyclic amines) is 3. The number of nitrogens with two attached hydrogens (primary N) is 1. The van der Waals surface area contributed by atoms with Gasteiger partial charge in [-0.25, -0.2) is 9.59 Å². The monoisotopic (exact) mass is 689 g/mol. The lowest BCUT2D eigenvalue weighted by molar-refractivity contribution is -0.137. The van der Waals surface area contributed by atoms with Crippen molar-refractivity contribution in [3.63, 3.8) is 0 Å². The van der Waals surface area contributed by atoms with Crippen molar-refractivity contribution in [1.82, 2.24) is 24.9 Å². The van der Waals surface area contributed by atoms with Crippen molar-refractivity contribution in [3.8, 4) is 0 Å². The fourth-order valence-corrected chi connectivity index (χ4v) is 7.80. The molecule has 0 bridgehead atoms. The average molecular weight is 690 g/mol. The first-order valence-corrected chi connectivity index (χ1v) is 17.2. The number of halogens is 4. The molecule has 0 aromatic heterocycles. The molecule has 4 N–H and O–H groups in total. The number of carbonyl (C=O) groups is 3. The molecule has 6 rings (SSSR count). The largest absolute Gasteiger partial charge is 0.418 e. The summed E-state index contributed by atoms with van der Waals surface area (Å²) in [6, 6.07) is 8.45. The number of anilines is 2. The molecule has 1 atom stereocenters. The zero-order valence-electron chi connectivity index (χ0n) is 26.9. The molecule has 0 spiro atoms. The Hall–Kier alpha value is -3.71. The van der Waals surface area contributed by atoms with Gasteiger partial charge in [-0.3, -0.25) is 4.79 Å². The summed E-state index contributed by atoms with van der Waals surface area (Å²) < 4.78 is 41.3. The van der Waals surface area contributed by atoms with Gasteiger partial charge in [0.1, 0.15) is 6.04 Å². The molecule has 10 nitrogen and oxygen atoms in total. The normalized spacial score (nSPS) is 20.7. The van der Waals surface area contributed by atoms with Crippen LogP contribution in [0, 0.1) is 0 Å². The van der Waals surface area contributed by atoms with E-state index in [0.717, 1.165) is 43.2 Å². The molecule has 2 aromatic carbocycles. The summed E-state index contributed by atoms with van der Waals surface area (Å²) in [5.74, 6) is -0.333. The summed E-state index contributed by atoms with van der Waals surface area (Å²) in [7, 11) is 0. The number of nitrogens with zero attached hydrogens (tertiary/aromatic N) is 4. The Bertz CT molecular complexity index is 1500. The van der Waals surface area contributed by atoms with E-state index < -0.39 is 29.5 Å². The number of amides is 5. The van der Waals surface area contributed by atoms with Crippen LogP contribution in [0.3, 0.4) is 0 Å². The van der Waals surface area contributed by atoms with Gasteiger partial charge >= 0.3 is 18.2 Å². The summed E-state index contributed by atoms with van der Waals surface area (Å²) in [4.78, 5) is 48.1. The second kappa shape index (κ2) is 14.4. The quantitative estimate of drug-likeness (QED) is 0.344. The van der Waals surface area contributed by atoms with E-state index in [2.05, 4.69) is 15.5 Å². The van der Waals surface area contributed by atoms with Crippen LogP contribution in [0.15, 0.2) is 36.4 Å². The molecular formula is C34H43ClF3N7O3. The third-order valence-electron chi connectivity index (χ3n) is 10.3. The highest BCUT2D eigenvalue weighted by Crippen LogP contribution is 2.38. The Morgan fingerprint density at radius 1 is 0.938 bits per heavy atom. The van der Waals surface area contributed by atoms with Crippen LogP contribution in [-0.4, -0.2) is 95.0 Å². The van der Waals surface area contributed by atoms with E-state index in [-0.39, 0.29) is 35.0 Å². The second-order valence-corrected chi connectivity index (χ2v) is 13.7. The van der Waals surface area contributed by atoms with Crippen LogP contribution >= 0.6 is 11.6 Å². The lowest BCUT2D eigenvalue weighted by atomic mass is 9.97. The Labute approximate surface area is 283 Å². The molecule has 4 aliphatic heterocycles. The highest BCUT2D eigenvalue weighted by atomic mass is 35.5. The lowest BCUT2D eigenvalue weighted by Gasteiger charge is -2.42. The molecule has 0 saturated carbocycles. The minimum absolute atomic E-state index is 0.0706. The van der Waals surface area contributed by atoms with Gasteiger partial charge in [-0.05, 0) is 80.9 Å². The Morgan fingerprint density at radius 2 is 1.58 bits per heavy atom. The standard InChI is InChI=1S/C34H43ClF3N7O3/c35-27-19-22(18-26(30(27)39)34(36,37)38)20-29(31(46)43-14-8-24(9-15-43)42-12-4-1-5-13-42)41-32(47)44-16-10-25(11-17-44)45-21-23-6-2-3-7-28(23)40-33(45)48/h2-3,6-7,18-19,24-25,29H,1,4-5,8-17,20-21,39H2,(H,40,48)(H,41,47)/t29-/m1/s1. The maximum atomic E-state index is 14.0. The van der Waals surface area contributed by atoms with Gasteiger partial charge in [0.05, 0.1) is 16.3 Å². The summed E-state index contributed by atoms with van der Waals surface area (Å²) in [6.45, 7) is 4.33. The average Bonchev–Trinajstić information content (AvgIpc) is 3.09. The number of piperidine rings is 3. The molecule has 14 heteroatoms. The topological polar surface area (TPSA) is 114 Å². The lowest BCUT2D eigenvalue weighted by Crippen LogP contribution is -2.57. The molecule has 4 heterocycles. The van der Waals surface area contributed by atoms with Gasteiger partial charge < -0.3 is 36.0 Å². The van der Waals surface area contributed by atoms with Gasteiger partial charge in [0.25, 0.3) is 0 Å². The van der Waals surface area contributed by atoms with Crippen molar-refractivity contribution >= 4 is 40.9 Å². The maximum Gasteiger partial charge on any atom is 0.418 e.